The van der Waals surface area contributed by atoms with Crippen LogP contribution < -0.4 is 11.1 Å². The lowest BCUT2D eigenvalue weighted by molar-refractivity contribution is 0.587. The Hall–Kier alpha value is -2.11. The van der Waals surface area contributed by atoms with Crippen molar-refractivity contribution in [3.63, 3.8) is 0 Å². The lowest BCUT2D eigenvalue weighted by Crippen LogP contribution is -2.05. The molecule has 1 heterocycles. The summed E-state index contributed by atoms with van der Waals surface area (Å²) in [6.07, 6.45) is 3.25. The number of nitrogens with zero attached hydrogens (tertiary/aromatic N) is 1. The molecule has 2 rings (SSSR count). The van der Waals surface area contributed by atoms with Crippen LogP contribution >= 0.6 is 0 Å². The zero-order valence-electron chi connectivity index (χ0n) is 8.30. The van der Waals surface area contributed by atoms with E-state index in [0.717, 1.165) is 12.1 Å². The Labute approximate surface area is 90.5 Å². The Balaban J connectivity index is 2.15. The van der Waals surface area contributed by atoms with Crippen molar-refractivity contribution >= 4 is 11.4 Å². The van der Waals surface area contributed by atoms with E-state index < -0.39 is 11.6 Å². The molecule has 0 atom stereocenters. The maximum atomic E-state index is 13.1. The predicted molar refractivity (Wildman–Crippen MR) is 56.7 cm³/mol. The van der Waals surface area contributed by atoms with E-state index in [2.05, 4.69) is 15.3 Å². The maximum absolute atomic E-state index is 13.1. The highest BCUT2D eigenvalue weighted by Crippen LogP contribution is 2.23. The molecule has 4 N–H and O–H groups in total. The molecule has 84 valence electrons. The SMILES string of the molecule is Nc1c(F)cc(F)cc1NCc1ncc[nH]1. The summed E-state index contributed by atoms with van der Waals surface area (Å²) in [5.74, 6) is -0.792. The van der Waals surface area contributed by atoms with Crippen LogP contribution in [-0.2, 0) is 6.54 Å². The fourth-order valence-electron chi connectivity index (χ4n) is 1.30. The second-order valence-electron chi connectivity index (χ2n) is 3.24. The molecule has 0 radical (unpaired) electrons. The van der Waals surface area contributed by atoms with Gasteiger partial charge in [0.25, 0.3) is 0 Å². The van der Waals surface area contributed by atoms with Gasteiger partial charge in [-0.2, -0.15) is 0 Å². The van der Waals surface area contributed by atoms with Gasteiger partial charge in [-0.3, -0.25) is 0 Å². The molecule has 1 aromatic carbocycles. The monoisotopic (exact) mass is 224 g/mol. The van der Waals surface area contributed by atoms with E-state index in [4.69, 9.17) is 5.73 Å². The highest BCUT2D eigenvalue weighted by Gasteiger charge is 2.08. The van der Waals surface area contributed by atoms with Crippen LogP contribution in [0.15, 0.2) is 24.5 Å². The minimum absolute atomic E-state index is 0.104. The lowest BCUT2D eigenvalue weighted by Gasteiger charge is -2.08. The van der Waals surface area contributed by atoms with Gasteiger partial charge in [0.15, 0.2) is 5.82 Å². The average Bonchev–Trinajstić information content (AvgIpc) is 2.74. The van der Waals surface area contributed by atoms with Crippen molar-refractivity contribution in [2.75, 3.05) is 11.1 Å². The molecule has 0 saturated heterocycles. The second kappa shape index (κ2) is 4.18. The number of nitrogens with two attached hydrogens (primary N) is 1. The molecule has 0 unspecified atom stereocenters. The van der Waals surface area contributed by atoms with Gasteiger partial charge >= 0.3 is 0 Å². The Bertz CT molecular complexity index is 482. The van der Waals surface area contributed by atoms with Crippen molar-refractivity contribution in [2.45, 2.75) is 6.54 Å². The number of hydrogen-bond acceptors (Lipinski definition) is 3. The van der Waals surface area contributed by atoms with Gasteiger partial charge in [0, 0.05) is 18.5 Å². The molecular formula is C10H10F2N4. The number of aromatic nitrogens is 2. The zero-order chi connectivity index (χ0) is 11.5. The number of benzene rings is 1. The van der Waals surface area contributed by atoms with Crippen molar-refractivity contribution in [3.8, 4) is 0 Å². The molecule has 0 fully saturated rings. The fourth-order valence-corrected chi connectivity index (χ4v) is 1.30. The van der Waals surface area contributed by atoms with Crippen LogP contribution in [0.5, 0.6) is 0 Å². The summed E-state index contributed by atoms with van der Waals surface area (Å²) in [7, 11) is 0. The molecule has 0 bridgehead atoms. The Morgan fingerprint density at radius 2 is 2.19 bits per heavy atom. The van der Waals surface area contributed by atoms with E-state index in [1.807, 2.05) is 0 Å². The summed E-state index contributed by atoms with van der Waals surface area (Å²) in [5.41, 5.74) is 5.57. The predicted octanol–water partition coefficient (Wildman–Crippen LogP) is 1.88. The van der Waals surface area contributed by atoms with Crippen LogP contribution in [0.4, 0.5) is 20.2 Å². The van der Waals surface area contributed by atoms with E-state index >= 15 is 0 Å². The largest absolute Gasteiger partial charge is 0.395 e. The van der Waals surface area contributed by atoms with Crippen LogP contribution in [0.25, 0.3) is 0 Å². The first kappa shape index (κ1) is 10.4. The van der Waals surface area contributed by atoms with Gasteiger partial charge in [-0.25, -0.2) is 13.8 Å². The molecule has 16 heavy (non-hydrogen) atoms. The van der Waals surface area contributed by atoms with E-state index in [0.29, 0.717) is 12.4 Å². The highest BCUT2D eigenvalue weighted by molar-refractivity contribution is 5.66. The van der Waals surface area contributed by atoms with Crippen LogP contribution in [0.3, 0.4) is 0 Å². The van der Waals surface area contributed by atoms with Gasteiger partial charge in [0.05, 0.1) is 17.9 Å². The van der Waals surface area contributed by atoms with Crippen LogP contribution in [0.1, 0.15) is 5.82 Å². The topological polar surface area (TPSA) is 66.7 Å². The molecule has 0 aliphatic carbocycles. The number of nitrogens with one attached hydrogen (secondary N) is 2. The fraction of sp³-hybridized carbons (Fsp3) is 0.100. The van der Waals surface area contributed by atoms with E-state index in [1.54, 1.807) is 12.4 Å². The van der Waals surface area contributed by atoms with Crippen LogP contribution in [-0.4, -0.2) is 9.97 Å². The zero-order valence-corrected chi connectivity index (χ0v) is 8.30. The average molecular weight is 224 g/mol. The summed E-state index contributed by atoms with van der Waals surface area (Å²) in [4.78, 5) is 6.81. The summed E-state index contributed by atoms with van der Waals surface area (Å²) in [6, 6.07) is 1.88. The smallest absolute Gasteiger partial charge is 0.151 e. The van der Waals surface area contributed by atoms with Crippen molar-refractivity contribution in [2.24, 2.45) is 0 Å². The quantitative estimate of drug-likeness (QED) is 0.697. The molecule has 1 aromatic heterocycles. The maximum Gasteiger partial charge on any atom is 0.151 e. The summed E-state index contributed by atoms with van der Waals surface area (Å²) in [5, 5.41) is 2.80. The van der Waals surface area contributed by atoms with Gasteiger partial charge in [0.1, 0.15) is 11.6 Å². The molecule has 6 heteroatoms. The summed E-state index contributed by atoms with van der Waals surface area (Å²) < 4.78 is 26.0. The minimum atomic E-state index is -0.776. The van der Waals surface area contributed by atoms with E-state index in [1.165, 1.54) is 0 Å². The molecule has 0 spiro atoms. The van der Waals surface area contributed by atoms with Gasteiger partial charge < -0.3 is 16.0 Å². The summed E-state index contributed by atoms with van der Waals surface area (Å²) in [6.45, 7) is 0.320. The molecule has 0 aliphatic heterocycles. The van der Waals surface area contributed by atoms with Crippen LogP contribution in [0, 0.1) is 11.6 Å². The number of imidazole rings is 1. The Morgan fingerprint density at radius 1 is 1.38 bits per heavy atom. The first-order valence-electron chi connectivity index (χ1n) is 4.63. The third-order valence-electron chi connectivity index (χ3n) is 2.10. The molecule has 0 amide bonds. The standard InChI is InChI=1S/C10H10F2N4/c11-6-3-7(12)10(13)8(4-6)16-5-9-14-1-2-15-9/h1-4,16H,5,13H2,(H,14,15). The van der Waals surface area contributed by atoms with Gasteiger partial charge in [0.2, 0.25) is 0 Å². The van der Waals surface area contributed by atoms with Gasteiger partial charge in [-0.05, 0) is 6.07 Å². The third-order valence-corrected chi connectivity index (χ3v) is 2.10. The molecule has 4 nitrogen and oxygen atoms in total. The Morgan fingerprint density at radius 3 is 2.88 bits per heavy atom. The number of hydrogen-bond donors (Lipinski definition) is 3. The molecule has 0 saturated carbocycles. The number of halogens is 2. The van der Waals surface area contributed by atoms with Crippen LogP contribution in [0.2, 0.25) is 0 Å². The normalized spacial score (nSPS) is 10.4. The molecule has 0 aliphatic rings. The third kappa shape index (κ3) is 2.10. The number of H-pyrrole nitrogens is 1. The molecular weight excluding hydrogens is 214 g/mol. The number of aromatic amines is 1. The van der Waals surface area contributed by atoms with E-state index in [9.17, 15) is 8.78 Å². The highest BCUT2D eigenvalue weighted by atomic mass is 19.1. The second-order valence-corrected chi connectivity index (χ2v) is 3.24. The first-order chi connectivity index (χ1) is 7.66. The number of nitrogen functional groups attached to an aromatic ring is 1. The summed E-state index contributed by atoms with van der Waals surface area (Å²) >= 11 is 0. The van der Waals surface area contributed by atoms with Gasteiger partial charge in [-0.15, -0.1) is 0 Å². The van der Waals surface area contributed by atoms with Crippen molar-refractivity contribution in [1.29, 1.82) is 0 Å². The van der Waals surface area contributed by atoms with Crippen molar-refractivity contribution in [1.82, 2.24) is 9.97 Å². The van der Waals surface area contributed by atoms with Crippen molar-refractivity contribution < 1.29 is 8.78 Å². The number of anilines is 2. The Kier molecular flexibility index (Phi) is 2.72. The first-order valence-corrected chi connectivity index (χ1v) is 4.63. The van der Waals surface area contributed by atoms with Crippen molar-refractivity contribution in [3.05, 3.63) is 42.0 Å². The minimum Gasteiger partial charge on any atom is -0.395 e. The number of rotatable bonds is 3. The molecule has 2 aromatic rings. The lowest BCUT2D eigenvalue weighted by atomic mass is 10.2. The van der Waals surface area contributed by atoms with Gasteiger partial charge in [-0.1, -0.05) is 0 Å². The van der Waals surface area contributed by atoms with E-state index in [-0.39, 0.29) is 11.4 Å².